The van der Waals surface area contributed by atoms with Crippen LogP contribution < -0.4 is 5.32 Å². The fourth-order valence-electron chi connectivity index (χ4n) is 4.83. The van der Waals surface area contributed by atoms with Crippen molar-refractivity contribution in [1.82, 2.24) is 15.1 Å². The van der Waals surface area contributed by atoms with Gasteiger partial charge < -0.3 is 15.1 Å². The second kappa shape index (κ2) is 12.0. The van der Waals surface area contributed by atoms with Crippen LogP contribution >= 0.6 is 0 Å². The van der Waals surface area contributed by atoms with E-state index in [0.717, 1.165) is 51.6 Å². The molecule has 0 unspecified atom stereocenters. The third-order valence-electron chi connectivity index (χ3n) is 6.68. The molecule has 2 fully saturated rings. The van der Waals surface area contributed by atoms with Crippen LogP contribution in [-0.4, -0.2) is 59.7 Å². The third kappa shape index (κ3) is 7.07. The molecule has 0 saturated carbocycles. The van der Waals surface area contributed by atoms with E-state index in [-0.39, 0.29) is 29.6 Å². The van der Waals surface area contributed by atoms with Gasteiger partial charge in [-0.15, -0.1) is 0 Å². The van der Waals surface area contributed by atoms with Crippen molar-refractivity contribution in [3.63, 3.8) is 0 Å². The molecule has 0 spiro atoms. The molecule has 2 aliphatic rings. The van der Waals surface area contributed by atoms with E-state index in [1.807, 2.05) is 41.8 Å². The molecule has 1 aromatic rings. The zero-order valence-electron chi connectivity index (χ0n) is 19.7. The third-order valence-corrected chi connectivity index (χ3v) is 6.68. The standard InChI is InChI=1S/C26H39N3O3/c1-20(2)19-23(30)27-25(26(32)29-15-7-4-8-16-29)22-13-17-28(18-14-22)24(31)12-11-21-9-5-3-6-10-21/h3,5-6,9-10,20,22,25H,4,7-8,11-19H2,1-2H3,(H,27,30)/t25-/m1/s1. The van der Waals surface area contributed by atoms with Crippen molar-refractivity contribution < 1.29 is 14.4 Å². The summed E-state index contributed by atoms with van der Waals surface area (Å²) in [5.41, 5.74) is 1.18. The predicted molar refractivity (Wildman–Crippen MR) is 126 cm³/mol. The van der Waals surface area contributed by atoms with Gasteiger partial charge in [-0.2, -0.15) is 0 Å². The summed E-state index contributed by atoms with van der Waals surface area (Å²) in [6.07, 6.45) is 6.43. The van der Waals surface area contributed by atoms with E-state index < -0.39 is 6.04 Å². The summed E-state index contributed by atoms with van der Waals surface area (Å²) in [6.45, 7) is 6.91. The number of likely N-dealkylation sites (tertiary alicyclic amines) is 2. The van der Waals surface area contributed by atoms with Crippen molar-refractivity contribution in [2.75, 3.05) is 26.2 Å². The Morgan fingerprint density at radius 1 is 0.938 bits per heavy atom. The van der Waals surface area contributed by atoms with Crippen molar-refractivity contribution in [1.29, 1.82) is 0 Å². The molecule has 0 aliphatic carbocycles. The Hall–Kier alpha value is -2.37. The zero-order chi connectivity index (χ0) is 22.9. The van der Waals surface area contributed by atoms with Crippen LogP contribution in [0.1, 0.15) is 64.4 Å². The summed E-state index contributed by atoms with van der Waals surface area (Å²) in [5, 5.41) is 3.07. The average Bonchev–Trinajstić information content (AvgIpc) is 2.81. The van der Waals surface area contributed by atoms with E-state index in [0.29, 0.717) is 25.9 Å². The monoisotopic (exact) mass is 441 g/mol. The number of benzene rings is 1. The van der Waals surface area contributed by atoms with Crippen LogP contribution in [0.5, 0.6) is 0 Å². The number of nitrogens with one attached hydrogen (secondary N) is 1. The Morgan fingerprint density at radius 3 is 2.22 bits per heavy atom. The molecule has 176 valence electrons. The fraction of sp³-hybridized carbons (Fsp3) is 0.654. The molecule has 1 N–H and O–H groups in total. The molecule has 6 heteroatoms. The van der Waals surface area contributed by atoms with E-state index in [9.17, 15) is 14.4 Å². The van der Waals surface area contributed by atoms with Crippen LogP contribution in [0.3, 0.4) is 0 Å². The maximum atomic E-state index is 13.3. The normalized spacial score (nSPS) is 18.5. The predicted octanol–water partition coefficient (Wildman–Crippen LogP) is 3.40. The number of nitrogens with zero attached hydrogens (tertiary/aromatic N) is 2. The van der Waals surface area contributed by atoms with Crippen molar-refractivity contribution in [2.45, 2.75) is 71.3 Å². The van der Waals surface area contributed by atoms with E-state index in [1.165, 1.54) is 5.56 Å². The van der Waals surface area contributed by atoms with Gasteiger partial charge in [-0.05, 0) is 55.9 Å². The lowest BCUT2D eigenvalue weighted by molar-refractivity contribution is -0.140. The summed E-state index contributed by atoms with van der Waals surface area (Å²) < 4.78 is 0. The van der Waals surface area contributed by atoms with E-state index in [2.05, 4.69) is 17.4 Å². The van der Waals surface area contributed by atoms with Crippen LogP contribution in [0.4, 0.5) is 0 Å². The second-order valence-electron chi connectivity index (χ2n) is 9.73. The quantitative estimate of drug-likeness (QED) is 0.672. The van der Waals surface area contributed by atoms with Gasteiger partial charge in [0, 0.05) is 39.0 Å². The molecular weight excluding hydrogens is 402 g/mol. The minimum atomic E-state index is -0.471. The molecule has 1 atom stereocenters. The summed E-state index contributed by atoms with van der Waals surface area (Å²) >= 11 is 0. The lowest BCUT2D eigenvalue weighted by Crippen LogP contribution is -2.55. The van der Waals surface area contributed by atoms with Gasteiger partial charge in [-0.25, -0.2) is 0 Å². The fourth-order valence-corrected chi connectivity index (χ4v) is 4.83. The summed E-state index contributed by atoms with van der Waals surface area (Å²) in [5.74, 6) is 0.533. The topological polar surface area (TPSA) is 69.7 Å². The lowest BCUT2D eigenvalue weighted by atomic mass is 9.87. The summed E-state index contributed by atoms with van der Waals surface area (Å²) in [6, 6.07) is 9.61. The molecule has 2 aliphatic heterocycles. The lowest BCUT2D eigenvalue weighted by Gasteiger charge is -2.38. The van der Waals surface area contributed by atoms with Gasteiger partial charge in [-0.3, -0.25) is 14.4 Å². The maximum absolute atomic E-state index is 13.3. The number of piperidine rings is 2. The van der Waals surface area contributed by atoms with Crippen LogP contribution in [0, 0.1) is 11.8 Å². The number of hydrogen-bond acceptors (Lipinski definition) is 3. The maximum Gasteiger partial charge on any atom is 0.245 e. The first-order valence-corrected chi connectivity index (χ1v) is 12.3. The number of carbonyl (C=O) groups excluding carboxylic acids is 3. The number of rotatable bonds is 8. The highest BCUT2D eigenvalue weighted by molar-refractivity contribution is 5.88. The Balaban J connectivity index is 1.56. The number of amides is 3. The van der Waals surface area contributed by atoms with Crippen molar-refractivity contribution in [3.8, 4) is 0 Å². The minimum Gasteiger partial charge on any atom is -0.344 e. The molecule has 0 radical (unpaired) electrons. The highest BCUT2D eigenvalue weighted by atomic mass is 16.2. The first-order chi connectivity index (χ1) is 15.4. The van der Waals surface area contributed by atoms with Gasteiger partial charge in [0.05, 0.1) is 0 Å². The Labute approximate surface area is 192 Å². The molecule has 0 bridgehead atoms. The van der Waals surface area contributed by atoms with Crippen LogP contribution in [0.25, 0.3) is 0 Å². The number of carbonyl (C=O) groups is 3. The van der Waals surface area contributed by atoms with Gasteiger partial charge in [0.2, 0.25) is 17.7 Å². The van der Waals surface area contributed by atoms with E-state index in [4.69, 9.17) is 0 Å². The second-order valence-corrected chi connectivity index (χ2v) is 9.73. The highest BCUT2D eigenvalue weighted by Crippen LogP contribution is 2.24. The minimum absolute atomic E-state index is 0.0447. The van der Waals surface area contributed by atoms with Crippen LogP contribution in [0.15, 0.2) is 30.3 Å². The van der Waals surface area contributed by atoms with Crippen LogP contribution in [-0.2, 0) is 20.8 Å². The molecule has 3 rings (SSSR count). The Kier molecular flexibility index (Phi) is 9.12. The summed E-state index contributed by atoms with van der Waals surface area (Å²) in [7, 11) is 0. The highest BCUT2D eigenvalue weighted by Gasteiger charge is 2.36. The van der Waals surface area contributed by atoms with Gasteiger partial charge in [0.1, 0.15) is 6.04 Å². The number of hydrogen-bond donors (Lipinski definition) is 1. The molecule has 6 nitrogen and oxygen atoms in total. The van der Waals surface area contributed by atoms with E-state index >= 15 is 0 Å². The Bertz CT molecular complexity index is 751. The van der Waals surface area contributed by atoms with Crippen molar-refractivity contribution >= 4 is 17.7 Å². The molecular formula is C26H39N3O3. The van der Waals surface area contributed by atoms with Gasteiger partial charge in [0.25, 0.3) is 0 Å². The van der Waals surface area contributed by atoms with Gasteiger partial charge >= 0.3 is 0 Å². The first kappa shape index (κ1) is 24.3. The zero-order valence-corrected chi connectivity index (χ0v) is 19.7. The van der Waals surface area contributed by atoms with Gasteiger partial charge in [-0.1, -0.05) is 44.2 Å². The molecule has 2 heterocycles. The first-order valence-electron chi connectivity index (χ1n) is 12.3. The van der Waals surface area contributed by atoms with Crippen LogP contribution in [0.2, 0.25) is 0 Å². The van der Waals surface area contributed by atoms with E-state index in [1.54, 1.807) is 0 Å². The molecule has 1 aromatic carbocycles. The molecule has 0 aromatic heterocycles. The van der Waals surface area contributed by atoms with Crippen molar-refractivity contribution in [3.05, 3.63) is 35.9 Å². The molecule has 32 heavy (non-hydrogen) atoms. The van der Waals surface area contributed by atoms with Crippen molar-refractivity contribution in [2.24, 2.45) is 11.8 Å². The Morgan fingerprint density at radius 2 is 1.59 bits per heavy atom. The SMILES string of the molecule is CC(C)CC(=O)N[C@@H](C(=O)N1CCCCC1)C1CCN(C(=O)CCc2ccccc2)CC1. The largest absolute Gasteiger partial charge is 0.344 e. The summed E-state index contributed by atoms with van der Waals surface area (Å²) in [4.78, 5) is 42.4. The smallest absolute Gasteiger partial charge is 0.245 e. The number of aryl methyl sites for hydroxylation is 1. The van der Waals surface area contributed by atoms with Gasteiger partial charge in [0.15, 0.2) is 0 Å². The molecule has 2 saturated heterocycles. The molecule has 3 amide bonds. The average molecular weight is 442 g/mol.